The van der Waals surface area contributed by atoms with Gasteiger partial charge in [-0.25, -0.2) is 4.79 Å². The summed E-state index contributed by atoms with van der Waals surface area (Å²) < 4.78 is 10.5. The molecule has 25 heavy (non-hydrogen) atoms. The van der Waals surface area contributed by atoms with E-state index in [0.717, 1.165) is 11.3 Å². The molecule has 0 bridgehead atoms. The molecule has 0 radical (unpaired) electrons. The molecule has 126 valence electrons. The Morgan fingerprint density at radius 1 is 1.20 bits per heavy atom. The minimum Gasteiger partial charge on any atom is -0.465 e. The molecule has 1 aliphatic heterocycles. The Bertz CT molecular complexity index is 969. The van der Waals surface area contributed by atoms with E-state index in [1.807, 2.05) is 24.3 Å². The lowest BCUT2D eigenvalue weighted by Crippen LogP contribution is -2.17. The van der Waals surface area contributed by atoms with Crippen LogP contribution in [0.2, 0.25) is 0 Å². The van der Waals surface area contributed by atoms with E-state index in [1.54, 1.807) is 25.3 Å². The highest BCUT2D eigenvalue weighted by atomic mass is 16.5. The van der Waals surface area contributed by atoms with Crippen LogP contribution in [0.15, 0.2) is 47.1 Å². The fourth-order valence-corrected chi connectivity index (χ4v) is 3.41. The Hall–Kier alpha value is -3.28. The maximum atomic E-state index is 12.7. The zero-order valence-corrected chi connectivity index (χ0v) is 13.8. The summed E-state index contributed by atoms with van der Waals surface area (Å²) in [6, 6.07) is 11.0. The largest absolute Gasteiger partial charge is 0.465 e. The number of esters is 1. The molecule has 1 aliphatic rings. The van der Waals surface area contributed by atoms with Crippen LogP contribution in [-0.4, -0.2) is 24.0 Å². The number of fused-ring (bicyclic) bond motifs is 1. The molecule has 1 aromatic carbocycles. The standard InChI is InChI=1S/C19H16N2O4/c1-10-14(19(23)24-2)16(17(20-10)13-8-5-9-25-13)15-11-6-3-4-7-12(11)21-18(15)22/h3-9,15,20H,1-2H3,(H,21,22)/t15-/m0/s1. The van der Waals surface area contributed by atoms with Crippen molar-refractivity contribution in [2.45, 2.75) is 12.8 Å². The average molecular weight is 336 g/mol. The molecule has 6 nitrogen and oxygen atoms in total. The lowest BCUT2D eigenvalue weighted by Gasteiger charge is -2.12. The van der Waals surface area contributed by atoms with Crippen LogP contribution in [0.4, 0.5) is 5.69 Å². The third kappa shape index (κ3) is 2.26. The summed E-state index contributed by atoms with van der Waals surface area (Å²) in [5.41, 5.74) is 3.75. The van der Waals surface area contributed by atoms with Crippen molar-refractivity contribution >= 4 is 17.6 Å². The SMILES string of the molecule is COC(=O)c1c(C)[nH]c(-c2ccco2)c1[C@H]1C(=O)Nc2ccccc21. The van der Waals surface area contributed by atoms with Crippen LogP contribution in [0.25, 0.3) is 11.5 Å². The van der Waals surface area contributed by atoms with Gasteiger partial charge in [-0.1, -0.05) is 18.2 Å². The van der Waals surface area contributed by atoms with Crippen LogP contribution in [0.5, 0.6) is 0 Å². The van der Waals surface area contributed by atoms with Gasteiger partial charge in [0, 0.05) is 16.9 Å². The molecular formula is C19H16N2O4. The van der Waals surface area contributed by atoms with E-state index in [2.05, 4.69) is 10.3 Å². The van der Waals surface area contributed by atoms with E-state index >= 15 is 0 Å². The van der Waals surface area contributed by atoms with Gasteiger partial charge < -0.3 is 19.5 Å². The number of hydrogen-bond donors (Lipinski definition) is 2. The van der Waals surface area contributed by atoms with E-state index in [4.69, 9.17) is 9.15 Å². The number of methoxy groups -OCH3 is 1. The second-order valence-electron chi connectivity index (χ2n) is 5.89. The van der Waals surface area contributed by atoms with Gasteiger partial charge >= 0.3 is 5.97 Å². The minimum atomic E-state index is -0.615. The van der Waals surface area contributed by atoms with Gasteiger partial charge in [0.25, 0.3) is 0 Å². The molecule has 2 aromatic heterocycles. The second kappa shape index (κ2) is 5.66. The van der Waals surface area contributed by atoms with Gasteiger partial charge in [-0.15, -0.1) is 0 Å². The maximum absolute atomic E-state index is 12.7. The Morgan fingerprint density at radius 2 is 2.00 bits per heavy atom. The molecule has 0 saturated heterocycles. The zero-order chi connectivity index (χ0) is 17.6. The summed E-state index contributed by atoms with van der Waals surface area (Å²) in [5, 5.41) is 2.88. The molecule has 3 aromatic rings. The van der Waals surface area contributed by atoms with Gasteiger partial charge in [-0.2, -0.15) is 0 Å². The lowest BCUT2D eigenvalue weighted by atomic mass is 9.88. The molecule has 6 heteroatoms. The van der Waals surface area contributed by atoms with E-state index in [0.29, 0.717) is 28.3 Å². The van der Waals surface area contributed by atoms with Crippen molar-refractivity contribution in [1.82, 2.24) is 4.98 Å². The van der Waals surface area contributed by atoms with Crippen LogP contribution in [0, 0.1) is 6.92 Å². The number of aromatic nitrogens is 1. The number of benzene rings is 1. The van der Waals surface area contributed by atoms with E-state index in [9.17, 15) is 9.59 Å². The highest BCUT2D eigenvalue weighted by molar-refractivity contribution is 6.08. The summed E-state index contributed by atoms with van der Waals surface area (Å²) in [4.78, 5) is 28.3. The molecule has 4 rings (SSSR count). The van der Waals surface area contributed by atoms with Gasteiger partial charge in [-0.05, 0) is 30.7 Å². The molecule has 1 atom stereocenters. The van der Waals surface area contributed by atoms with Crippen molar-refractivity contribution in [3.8, 4) is 11.5 Å². The van der Waals surface area contributed by atoms with E-state index < -0.39 is 11.9 Å². The summed E-state index contributed by atoms with van der Waals surface area (Å²) in [6.07, 6.45) is 1.55. The normalized spacial score (nSPS) is 15.8. The highest BCUT2D eigenvalue weighted by Gasteiger charge is 2.39. The predicted molar refractivity (Wildman–Crippen MR) is 91.5 cm³/mol. The monoisotopic (exact) mass is 336 g/mol. The second-order valence-corrected chi connectivity index (χ2v) is 5.89. The molecule has 0 fully saturated rings. The number of nitrogens with one attached hydrogen (secondary N) is 2. The van der Waals surface area contributed by atoms with Crippen molar-refractivity contribution in [2.75, 3.05) is 12.4 Å². The molecule has 3 heterocycles. The predicted octanol–water partition coefficient (Wildman–Crippen LogP) is 3.45. The van der Waals surface area contributed by atoms with Crippen LogP contribution < -0.4 is 5.32 Å². The Balaban J connectivity index is 2.00. The van der Waals surface area contributed by atoms with E-state index in [-0.39, 0.29) is 5.91 Å². The van der Waals surface area contributed by atoms with Crippen molar-refractivity contribution < 1.29 is 18.7 Å². The molecule has 0 saturated carbocycles. The van der Waals surface area contributed by atoms with Gasteiger partial charge in [0.05, 0.1) is 30.5 Å². The maximum Gasteiger partial charge on any atom is 0.340 e. The number of aryl methyl sites for hydroxylation is 1. The number of carbonyl (C=O) groups is 2. The van der Waals surface area contributed by atoms with Crippen molar-refractivity contribution in [3.63, 3.8) is 0 Å². The number of anilines is 1. The first-order chi connectivity index (χ1) is 12.1. The number of hydrogen-bond acceptors (Lipinski definition) is 4. The molecule has 0 unspecified atom stereocenters. The Labute approximate surface area is 143 Å². The van der Waals surface area contributed by atoms with Crippen LogP contribution in [-0.2, 0) is 9.53 Å². The number of carbonyl (C=O) groups excluding carboxylic acids is 2. The van der Waals surface area contributed by atoms with Crippen LogP contribution in [0.1, 0.15) is 33.1 Å². The zero-order valence-electron chi connectivity index (χ0n) is 13.8. The number of H-pyrrole nitrogens is 1. The molecule has 0 spiro atoms. The minimum absolute atomic E-state index is 0.182. The smallest absolute Gasteiger partial charge is 0.340 e. The number of rotatable bonds is 3. The Morgan fingerprint density at radius 3 is 2.72 bits per heavy atom. The first-order valence-electron chi connectivity index (χ1n) is 7.86. The number of aromatic amines is 1. The van der Waals surface area contributed by atoms with Crippen LogP contribution in [0.3, 0.4) is 0 Å². The summed E-state index contributed by atoms with van der Waals surface area (Å²) in [5.74, 6) is -0.724. The average Bonchev–Trinajstić information content (AvgIpc) is 3.30. The third-order valence-corrected chi connectivity index (χ3v) is 4.46. The molecule has 2 N–H and O–H groups in total. The molecule has 0 aliphatic carbocycles. The number of amides is 1. The number of furan rings is 1. The van der Waals surface area contributed by atoms with Gasteiger partial charge in [-0.3, -0.25) is 4.79 Å². The molecule has 1 amide bonds. The van der Waals surface area contributed by atoms with Crippen molar-refractivity contribution in [2.24, 2.45) is 0 Å². The molecular weight excluding hydrogens is 320 g/mol. The topological polar surface area (TPSA) is 84.3 Å². The number of ether oxygens (including phenoxy) is 1. The first-order valence-corrected chi connectivity index (χ1v) is 7.86. The highest BCUT2D eigenvalue weighted by Crippen LogP contribution is 2.43. The van der Waals surface area contributed by atoms with E-state index in [1.165, 1.54) is 7.11 Å². The van der Waals surface area contributed by atoms with Gasteiger partial charge in [0.15, 0.2) is 0 Å². The summed E-state index contributed by atoms with van der Waals surface area (Å²) in [7, 11) is 1.33. The summed E-state index contributed by atoms with van der Waals surface area (Å²) in [6.45, 7) is 1.78. The quantitative estimate of drug-likeness (QED) is 0.718. The third-order valence-electron chi connectivity index (χ3n) is 4.46. The fraction of sp³-hybridized carbons (Fsp3) is 0.158. The van der Waals surface area contributed by atoms with Gasteiger partial charge in [0.2, 0.25) is 5.91 Å². The lowest BCUT2D eigenvalue weighted by molar-refractivity contribution is -0.116. The van der Waals surface area contributed by atoms with Gasteiger partial charge in [0.1, 0.15) is 5.76 Å². The van der Waals surface area contributed by atoms with Crippen molar-refractivity contribution in [1.29, 1.82) is 0 Å². The van der Waals surface area contributed by atoms with Crippen molar-refractivity contribution in [3.05, 3.63) is 65.0 Å². The Kier molecular flexibility index (Phi) is 3.46. The fourth-order valence-electron chi connectivity index (χ4n) is 3.41. The summed E-state index contributed by atoms with van der Waals surface area (Å²) >= 11 is 0. The number of para-hydroxylation sites is 1. The first kappa shape index (κ1) is 15.3. The van der Waals surface area contributed by atoms with Crippen LogP contribution >= 0.6 is 0 Å².